The van der Waals surface area contributed by atoms with Crippen LogP contribution in [0.5, 0.6) is 11.5 Å². The highest BCUT2D eigenvalue weighted by Gasteiger charge is 2.42. The summed E-state index contributed by atoms with van der Waals surface area (Å²) < 4.78 is 43.6. The van der Waals surface area contributed by atoms with Gasteiger partial charge in [-0.25, -0.2) is 8.42 Å². The molecule has 3 rings (SSSR count). The minimum Gasteiger partial charge on any atom is -0.497 e. The maximum absolute atomic E-state index is 13.0. The van der Waals surface area contributed by atoms with Gasteiger partial charge in [0.25, 0.3) is 0 Å². The van der Waals surface area contributed by atoms with E-state index in [1.54, 1.807) is 22.5 Å². The van der Waals surface area contributed by atoms with Gasteiger partial charge in [0.1, 0.15) is 11.5 Å². The summed E-state index contributed by atoms with van der Waals surface area (Å²) >= 11 is 0. The predicted molar refractivity (Wildman–Crippen MR) is 85.4 cm³/mol. The van der Waals surface area contributed by atoms with Crippen LogP contribution in [0, 0.1) is 5.41 Å². The fourth-order valence-electron chi connectivity index (χ4n) is 3.42. The summed E-state index contributed by atoms with van der Waals surface area (Å²) in [4.78, 5) is 0.213. The molecule has 2 aliphatic heterocycles. The third-order valence-electron chi connectivity index (χ3n) is 4.77. The second-order valence-electron chi connectivity index (χ2n) is 6.29. The number of hydrogen-bond donors (Lipinski definition) is 0. The Morgan fingerprint density at radius 2 is 1.83 bits per heavy atom. The maximum Gasteiger partial charge on any atom is 0.243 e. The molecule has 6 nitrogen and oxygen atoms in total. The summed E-state index contributed by atoms with van der Waals surface area (Å²) in [5, 5.41) is 0. The largest absolute Gasteiger partial charge is 0.497 e. The molecular formula is C16H23NO5S. The number of benzene rings is 1. The minimum atomic E-state index is -3.57. The first-order valence-corrected chi connectivity index (χ1v) is 9.24. The highest BCUT2D eigenvalue weighted by atomic mass is 32.2. The van der Waals surface area contributed by atoms with Gasteiger partial charge in [-0.1, -0.05) is 0 Å². The Bertz CT molecular complexity index is 645. The molecule has 0 aliphatic carbocycles. The van der Waals surface area contributed by atoms with Crippen molar-refractivity contribution in [2.45, 2.75) is 24.2 Å². The first kappa shape index (κ1) is 16.5. The van der Waals surface area contributed by atoms with E-state index >= 15 is 0 Å². The van der Waals surface area contributed by atoms with Gasteiger partial charge in [-0.3, -0.25) is 0 Å². The van der Waals surface area contributed by atoms with E-state index in [4.69, 9.17) is 14.2 Å². The summed E-state index contributed by atoms with van der Waals surface area (Å²) in [5.41, 5.74) is -0.0196. The van der Waals surface area contributed by atoms with Crippen molar-refractivity contribution in [1.82, 2.24) is 4.31 Å². The molecule has 1 unspecified atom stereocenters. The monoisotopic (exact) mass is 341 g/mol. The van der Waals surface area contributed by atoms with Crippen molar-refractivity contribution in [2.24, 2.45) is 5.41 Å². The van der Waals surface area contributed by atoms with Crippen LogP contribution in [-0.2, 0) is 14.8 Å². The SMILES string of the molecule is COc1cc(OC)cc(S(=O)(=O)N2CCCC3(CCOC3)C2)c1. The summed E-state index contributed by atoms with van der Waals surface area (Å²) in [6.45, 7) is 2.44. The lowest BCUT2D eigenvalue weighted by Gasteiger charge is -2.38. The Morgan fingerprint density at radius 1 is 1.13 bits per heavy atom. The third kappa shape index (κ3) is 3.18. The van der Waals surface area contributed by atoms with Crippen LogP contribution in [0.2, 0.25) is 0 Å². The smallest absolute Gasteiger partial charge is 0.243 e. The molecule has 128 valence electrons. The van der Waals surface area contributed by atoms with Crippen LogP contribution in [0.25, 0.3) is 0 Å². The number of sulfonamides is 1. The fraction of sp³-hybridized carbons (Fsp3) is 0.625. The second kappa shape index (κ2) is 6.30. The Labute approximate surface area is 137 Å². The standard InChI is InChI=1S/C16H23NO5S/c1-20-13-8-14(21-2)10-15(9-13)23(18,19)17-6-3-4-16(11-17)5-7-22-12-16/h8-10H,3-7,11-12H2,1-2H3. The minimum absolute atomic E-state index is 0.0196. The molecular weight excluding hydrogens is 318 g/mol. The van der Waals surface area contributed by atoms with Gasteiger partial charge in [0.05, 0.1) is 25.7 Å². The number of rotatable bonds is 4. The zero-order valence-corrected chi connectivity index (χ0v) is 14.4. The molecule has 2 saturated heterocycles. The average Bonchev–Trinajstić information content (AvgIpc) is 3.01. The van der Waals surface area contributed by atoms with E-state index in [-0.39, 0.29) is 10.3 Å². The summed E-state index contributed by atoms with van der Waals surface area (Å²) in [7, 11) is -0.551. The molecule has 0 aromatic heterocycles. The van der Waals surface area contributed by atoms with Gasteiger partial charge in [-0.15, -0.1) is 0 Å². The Balaban J connectivity index is 1.91. The molecule has 0 amide bonds. The molecule has 0 saturated carbocycles. The Kier molecular flexibility index (Phi) is 4.53. The van der Waals surface area contributed by atoms with Crippen molar-refractivity contribution < 1.29 is 22.6 Å². The number of piperidine rings is 1. The van der Waals surface area contributed by atoms with Gasteiger partial charge in [0.15, 0.2) is 0 Å². The van der Waals surface area contributed by atoms with Crippen LogP contribution in [-0.4, -0.2) is 53.2 Å². The molecule has 2 heterocycles. The average molecular weight is 341 g/mol. The molecule has 1 spiro atoms. The van der Waals surface area contributed by atoms with Gasteiger partial charge in [-0.2, -0.15) is 4.31 Å². The van der Waals surface area contributed by atoms with Crippen molar-refractivity contribution in [3.05, 3.63) is 18.2 Å². The number of hydrogen-bond acceptors (Lipinski definition) is 5. The quantitative estimate of drug-likeness (QED) is 0.837. The van der Waals surface area contributed by atoms with E-state index in [9.17, 15) is 8.42 Å². The van der Waals surface area contributed by atoms with Gasteiger partial charge < -0.3 is 14.2 Å². The van der Waals surface area contributed by atoms with Gasteiger partial charge in [-0.05, 0) is 19.3 Å². The van der Waals surface area contributed by atoms with Crippen LogP contribution in [0.3, 0.4) is 0 Å². The maximum atomic E-state index is 13.0. The first-order chi connectivity index (χ1) is 11.0. The summed E-state index contributed by atoms with van der Waals surface area (Å²) in [6.07, 6.45) is 2.82. The summed E-state index contributed by atoms with van der Waals surface area (Å²) in [5.74, 6) is 0.942. The molecule has 1 aromatic rings. The second-order valence-corrected chi connectivity index (χ2v) is 8.23. The number of nitrogens with zero attached hydrogens (tertiary/aromatic N) is 1. The molecule has 0 radical (unpaired) electrons. The fourth-order valence-corrected chi connectivity index (χ4v) is 5.06. The van der Waals surface area contributed by atoms with Gasteiger partial charge in [0.2, 0.25) is 10.0 Å². The molecule has 0 bridgehead atoms. The van der Waals surface area contributed by atoms with Gasteiger partial charge >= 0.3 is 0 Å². The summed E-state index contributed by atoms with van der Waals surface area (Å²) in [6, 6.07) is 4.76. The van der Waals surface area contributed by atoms with Crippen LogP contribution in [0.4, 0.5) is 0 Å². The zero-order valence-electron chi connectivity index (χ0n) is 13.6. The molecule has 23 heavy (non-hydrogen) atoms. The lowest BCUT2D eigenvalue weighted by atomic mass is 9.80. The van der Waals surface area contributed by atoms with Crippen LogP contribution in [0.15, 0.2) is 23.1 Å². The van der Waals surface area contributed by atoms with Crippen molar-refractivity contribution in [3.8, 4) is 11.5 Å². The number of methoxy groups -OCH3 is 2. The zero-order chi connectivity index (χ0) is 16.5. The van der Waals surface area contributed by atoms with E-state index in [1.165, 1.54) is 14.2 Å². The molecule has 2 aliphatic rings. The normalized spacial score (nSPS) is 25.7. The third-order valence-corrected chi connectivity index (χ3v) is 6.60. The molecule has 7 heteroatoms. The van der Waals surface area contributed by atoms with Crippen molar-refractivity contribution in [2.75, 3.05) is 40.5 Å². The van der Waals surface area contributed by atoms with Crippen LogP contribution < -0.4 is 9.47 Å². The van der Waals surface area contributed by atoms with Crippen molar-refractivity contribution >= 4 is 10.0 Å². The molecule has 1 atom stereocenters. The topological polar surface area (TPSA) is 65.1 Å². The van der Waals surface area contributed by atoms with E-state index in [2.05, 4.69) is 0 Å². The molecule has 0 N–H and O–H groups in total. The highest BCUT2D eigenvalue weighted by Crippen LogP contribution is 2.39. The van der Waals surface area contributed by atoms with E-state index in [0.29, 0.717) is 31.2 Å². The molecule has 2 fully saturated rings. The lowest BCUT2D eigenvalue weighted by molar-refractivity contribution is 0.105. The Hall–Kier alpha value is -1.31. The Morgan fingerprint density at radius 3 is 2.39 bits per heavy atom. The van der Waals surface area contributed by atoms with Crippen LogP contribution in [0.1, 0.15) is 19.3 Å². The van der Waals surface area contributed by atoms with E-state index in [0.717, 1.165) is 25.9 Å². The molecule has 1 aromatic carbocycles. The van der Waals surface area contributed by atoms with Crippen LogP contribution >= 0.6 is 0 Å². The van der Waals surface area contributed by atoms with Gasteiger partial charge in [0, 0.05) is 43.3 Å². The van der Waals surface area contributed by atoms with Crippen molar-refractivity contribution in [1.29, 1.82) is 0 Å². The van der Waals surface area contributed by atoms with E-state index < -0.39 is 10.0 Å². The lowest BCUT2D eigenvalue weighted by Crippen LogP contribution is -2.46. The predicted octanol–water partition coefficient (Wildman–Crippen LogP) is 1.90. The number of ether oxygens (including phenoxy) is 3. The highest BCUT2D eigenvalue weighted by molar-refractivity contribution is 7.89. The van der Waals surface area contributed by atoms with E-state index in [1.807, 2.05) is 0 Å². The van der Waals surface area contributed by atoms with Crippen molar-refractivity contribution in [3.63, 3.8) is 0 Å². The first-order valence-electron chi connectivity index (χ1n) is 7.80.